The number of nitrogens with one attached hydrogen (secondary N) is 2. The van der Waals surface area contributed by atoms with Crippen LogP contribution in [0, 0.1) is 6.92 Å². The Kier molecular flexibility index (Phi) is 11.8. The number of β-lactam (4-membered cyclic amide) rings is 1. The van der Waals surface area contributed by atoms with Gasteiger partial charge >= 0.3 is 35.6 Å². The number of rotatable bonds is 9. The molecule has 5 amide bonds. The third-order valence-electron chi connectivity index (χ3n) is 6.13. The Balaban J connectivity index is 0.00000484. The van der Waals surface area contributed by atoms with Crippen LogP contribution < -0.4 is 45.3 Å². The maximum atomic E-state index is 13.4. The van der Waals surface area contributed by atoms with Gasteiger partial charge in [-0.1, -0.05) is 59.0 Å². The van der Waals surface area contributed by atoms with E-state index in [2.05, 4.69) is 20.8 Å². The van der Waals surface area contributed by atoms with Crippen molar-refractivity contribution in [1.29, 1.82) is 0 Å². The predicted molar refractivity (Wildman–Crippen MR) is 152 cm³/mol. The first kappa shape index (κ1) is 33.8. The average molecular weight is 639 g/mol. The van der Waals surface area contributed by atoms with E-state index in [0.717, 1.165) is 14.8 Å². The molecule has 12 nitrogen and oxygen atoms in total. The zero-order chi connectivity index (χ0) is 29.8. The Morgan fingerprint density at radius 2 is 1.90 bits per heavy atom. The van der Waals surface area contributed by atoms with Gasteiger partial charge in [-0.05, 0) is 31.9 Å². The SMILES string of the molecule is CC(C)=CC(=O)N(C)C(=O)NC(C(=O)NC1C(=O)N2C(C(=O)[O-])=C(CSc3nnc(C)s3)CS[C@@H]12)c1ccccc1.[Na+]. The number of hydrogen-bond donors (Lipinski definition) is 2. The van der Waals surface area contributed by atoms with Crippen molar-refractivity contribution in [3.8, 4) is 0 Å². The summed E-state index contributed by atoms with van der Waals surface area (Å²) in [6.45, 7) is 5.25. The molecule has 1 aromatic heterocycles. The van der Waals surface area contributed by atoms with E-state index < -0.39 is 47.2 Å². The third-order valence-corrected chi connectivity index (χ3v) is 9.52. The zero-order valence-electron chi connectivity index (χ0n) is 23.6. The number of carbonyl (C=O) groups excluding carboxylic acids is 5. The summed E-state index contributed by atoms with van der Waals surface area (Å²) in [4.78, 5) is 65.8. The molecule has 2 aliphatic heterocycles. The van der Waals surface area contributed by atoms with Gasteiger partial charge in [0.25, 0.3) is 11.8 Å². The van der Waals surface area contributed by atoms with Crippen LogP contribution in [0.15, 0.2) is 57.6 Å². The number of aliphatic carboxylic acids is 1. The summed E-state index contributed by atoms with van der Waals surface area (Å²) in [7, 11) is 1.29. The molecule has 0 saturated carbocycles. The number of urea groups is 1. The number of nitrogens with zero attached hydrogens (tertiary/aromatic N) is 4. The molecular weight excluding hydrogens is 612 g/mol. The van der Waals surface area contributed by atoms with E-state index in [-0.39, 0.29) is 35.3 Å². The van der Waals surface area contributed by atoms with E-state index in [1.54, 1.807) is 44.2 Å². The fourth-order valence-corrected chi connectivity index (χ4v) is 7.42. The smallest absolute Gasteiger partial charge is 0.543 e. The molecule has 1 aromatic carbocycles. The van der Waals surface area contributed by atoms with Crippen LogP contribution in [-0.4, -0.2) is 79.7 Å². The van der Waals surface area contributed by atoms with Crippen LogP contribution in [0.5, 0.6) is 0 Å². The number of amides is 5. The minimum atomic E-state index is -1.48. The third kappa shape index (κ3) is 7.63. The van der Waals surface area contributed by atoms with Crippen LogP contribution in [0.4, 0.5) is 4.79 Å². The summed E-state index contributed by atoms with van der Waals surface area (Å²) in [6, 6.07) is 5.33. The number of thioether (sulfide) groups is 2. The topological polar surface area (TPSA) is 165 Å². The number of aromatic nitrogens is 2. The summed E-state index contributed by atoms with van der Waals surface area (Å²) < 4.78 is 0.682. The molecule has 216 valence electrons. The standard InChI is InChI=1S/C26H28N6O6S3.Na/c1-13(2)10-17(33)31(4)25(38)28-18(15-8-6-5-7-9-15)21(34)27-19-22(35)32-20(24(36)37)16(11-39-23(19)32)12-40-26-30-29-14(3)41-26;/h5-10,18-19,23H,11-12H2,1-4H3,(H,27,34)(H,28,38)(H,36,37);/q;+1/p-1/t18?,19?,23-;/m0./s1. The van der Waals surface area contributed by atoms with Crippen molar-refractivity contribution >= 4 is 64.6 Å². The molecule has 16 heteroatoms. The molecule has 0 radical (unpaired) electrons. The zero-order valence-corrected chi connectivity index (χ0v) is 28.0. The van der Waals surface area contributed by atoms with Crippen molar-refractivity contribution in [3.05, 3.63) is 63.8 Å². The minimum Gasteiger partial charge on any atom is -0.543 e. The van der Waals surface area contributed by atoms with Gasteiger partial charge in [0.15, 0.2) is 4.34 Å². The molecule has 42 heavy (non-hydrogen) atoms. The molecular formula is C26H27N6NaO6S3. The maximum Gasteiger partial charge on any atom is 1.00 e. The van der Waals surface area contributed by atoms with Crippen LogP contribution >= 0.6 is 34.9 Å². The van der Waals surface area contributed by atoms with Gasteiger partial charge in [-0.2, -0.15) is 0 Å². The van der Waals surface area contributed by atoms with E-state index in [9.17, 15) is 29.1 Å². The van der Waals surface area contributed by atoms with Crippen LogP contribution in [0.1, 0.15) is 30.5 Å². The molecule has 1 saturated heterocycles. The van der Waals surface area contributed by atoms with Gasteiger partial charge in [-0.25, -0.2) is 4.79 Å². The van der Waals surface area contributed by atoms with Gasteiger partial charge in [0, 0.05) is 24.6 Å². The first-order valence-electron chi connectivity index (χ1n) is 12.4. The van der Waals surface area contributed by atoms with Gasteiger partial charge in [0.2, 0.25) is 5.91 Å². The number of allylic oxidation sites excluding steroid dienone is 1. The monoisotopic (exact) mass is 638 g/mol. The first-order valence-corrected chi connectivity index (χ1v) is 15.2. The Hall–Kier alpha value is -2.69. The normalized spacial score (nSPS) is 18.1. The number of benzene rings is 1. The number of carbonyl (C=O) groups is 5. The number of aryl methyl sites for hydroxylation is 1. The summed E-state index contributed by atoms with van der Waals surface area (Å²) in [5, 5.41) is 25.4. The van der Waals surface area contributed by atoms with Crippen molar-refractivity contribution in [2.24, 2.45) is 0 Å². The maximum absolute atomic E-state index is 13.4. The molecule has 2 aromatic rings. The van der Waals surface area contributed by atoms with Gasteiger partial charge in [0.1, 0.15) is 22.5 Å². The molecule has 0 bridgehead atoms. The quantitative estimate of drug-likeness (QED) is 0.139. The minimum absolute atomic E-state index is 0. The number of imide groups is 1. The number of hydrogen-bond acceptors (Lipinski definition) is 11. The molecule has 4 rings (SSSR count). The molecule has 1 fully saturated rings. The summed E-state index contributed by atoms with van der Waals surface area (Å²) in [6.07, 6.45) is 1.29. The van der Waals surface area contributed by atoms with Crippen LogP contribution in [0.25, 0.3) is 0 Å². The Labute approximate surface area is 277 Å². The van der Waals surface area contributed by atoms with Crippen LogP contribution in [-0.2, 0) is 19.2 Å². The van der Waals surface area contributed by atoms with Gasteiger partial charge in [-0.3, -0.25) is 24.2 Å². The van der Waals surface area contributed by atoms with Crippen molar-refractivity contribution in [2.45, 2.75) is 42.6 Å². The van der Waals surface area contributed by atoms with Crippen molar-refractivity contribution in [3.63, 3.8) is 0 Å². The van der Waals surface area contributed by atoms with E-state index >= 15 is 0 Å². The van der Waals surface area contributed by atoms with Crippen molar-refractivity contribution < 1.29 is 58.6 Å². The molecule has 0 spiro atoms. The van der Waals surface area contributed by atoms with E-state index in [0.29, 0.717) is 32.6 Å². The Bertz CT molecular complexity index is 1440. The first-order chi connectivity index (χ1) is 19.5. The van der Waals surface area contributed by atoms with E-state index in [4.69, 9.17) is 0 Å². The Morgan fingerprint density at radius 1 is 1.21 bits per heavy atom. The molecule has 2 N–H and O–H groups in total. The number of fused-ring (bicyclic) bond motifs is 1. The largest absolute Gasteiger partial charge is 1.00 e. The van der Waals surface area contributed by atoms with Gasteiger partial charge in [0.05, 0.1) is 11.7 Å². The van der Waals surface area contributed by atoms with E-state index in [1.807, 2.05) is 6.92 Å². The summed E-state index contributed by atoms with van der Waals surface area (Å²) in [5.74, 6) is -2.72. The Morgan fingerprint density at radius 3 is 2.50 bits per heavy atom. The van der Waals surface area contributed by atoms with Gasteiger partial charge in [-0.15, -0.1) is 22.0 Å². The predicted octanol–water partition coefficient (Wildman–Crippen LogP) is -1.78. The molecule has 3 heterocycles. The van der Waals surface area contributed by atoms with E-state index in [1.165, 1.54) is 48.0 Å². The van der Waals surface area contributed by atoms with Gasteiger partial charge < -0.3 is 20.5 Å². The number of carboxylic acids is 1. The van der Waals surface area contributed by atoms with Crippen LogP contribution in [0.2, 0.25) is 0 Å². The molecule has 3 atom stereocenters. The number of carboxylic acid groups (broad SMARTS) is 1. The van der Waals surface area contributed by atoms with Crippen LogP contribution in [0.3, 0.4) is 0 Å². The summed E-state index contributed by atoms with van der Waals surface area (Å²) >= 11 is 4.03. The second-order valence-electron chi connectivity index (χ2n) is 9.42. The fourth-order valence-electron chi connectivity index (χ4n) is 4.11. The number of likely N-dealkylation sites (N-methyl/N-ethyl adjacent to an activating group) is 1. The average Bonchev–Trinajstić information content (AvgIpc) is 3.36. The second-order valence-corrected chi connectivity index (χ2v) is 12.9. The van der Waals surface area contributed by atoms with Crippen molar-refractivity contribution in [2.75, 3.05) is 18.6 Å². The molecule has 2 aliphatic rings. The second kappa shape index (κ2) is 14.7. The summed E-state index contributed by atoms with van der Waals surface area (Å²) in [5.41, 5.74) is 1.45. The fraction of sp³-hybridized carbons (Fsp3) is 0.346. The molecule has 2 unspecified atom stereocenters. The molecule has 0 aliphatic carbocycles. The van der Waals surface area contributed by atoms with Crippen molar-refractivity contribution in [1.82, 2.24) is 30.6 Å².